The Morgan fingerprint density at radius 3 is 2.22 bits per heavy atom. The first-order valence-electron chi connectivity index (χ1n) is 12.0. The fourth-order valence-corrected chi connectivity index (χ4v) is 5.34. The number of hydrogen-bond donors (Lipinski definition) is 1. The first-order valence-corrected chi connectivity index (χ1v) is 13.5. The highest BCUT2D eigenvalue weighted by Gasteiger charge is 2.32. The van der Waals surface area contributed by atoms with Gasteiger partial charge in [0.2, 0.25) is 11.8 Å². The molecular weight excluding hydrogens is 490 g/mol. The first kappa shape index (κ1) is 27.7. The van der Waals surface area contributed by atoms with Crippen molar-refractivity contribution in [2.45, 2.75) is 37.8 Å². The zero-order valence-electron chi connectivity index (χ0n) is 21.5. The molecule has 1 atom stereocenters. The molecule has 0 radical (unpaired) electrons. The molecule has 0 spiro atoms. The van der Waals surface area contributed by atoms with Gasteiger partial charge in [0.05, 0.1) is 17.7 Å². The van der Waals surface area contributed by atoms with Crippen LogP contribution >= 0.6 is 0 Å². The van der Waals surface area contributed by atoms with Crippen LogP contribution in [0.1, 0.15) is 25.0 Å². The van der Waals surface area contributed by atoms with E-state index in [1.807, 2.05) is 25.1 Å². The van der Waals surface area contributed by atoms with Gasteiger partial charge in [-0.1, -0.05) is 49.4 Å². The van der Waals surface area contributed by atoms with E-state index in [0.717, 1.165) is 21.9 Å². The Kier molecular flexibility index (Phi) is 9.30. The second kappa shape index (κ2) is 12.4. The minimum Gasteiger partial charge on any atom is -0.497 e. The van der Waals surface area contributed by atoms with Crippen LogP contribution in [0.25, 0.3) is 0 Å². The van der Waals surface area contributed by atoms with E-state index in [4.69, 9.17) is 4.74 Å². The molecular formula is C28H33N3O5S. The van der Waals surface area contributed by atoms with E-state index in [-0.39, 0.29) is 17.3 Å². The zero-order valence-corrected chi connectivity index (χ0v) is 22.4. The number of carbonyl (C=O) groups is 2. The number of carbonyl (C=O) groups excluding carboxylic acids is 2. The molecule has 0 unspecified atom stereocenters. The van der Waals surface area contributed by atoms with Crippen LogP contribution in [0.15, 0.2) is 83.8 Å². The van der Waals surface area contributed by atoms with Crippen molar-refractivity contribution in [2.24, 2.45) is 0 Å². The summed E-state index contributed by atoms with van der Waals surface area (Å²) in [5, 5.41) is 2.57. The van der Waals surface area contributed by atoms with Gasteiger partial charge in [0.15, 0.2) is 0 Å². The molecule has 0 aromatic heterocycles. The molecule has 0 saturated heterocycles. The first-order chi connectivity index (χ1) is 17.7. The highest BCUT2D eigenvalue weighted by molar-refractivity contribution is 7.92. The fraction of sp³-hybridized carbons (Fsp3) is 0.286. The third-order valence-corrected chi connectivity index (χ3v) is 7.93. The molecule has 0 aliphatic heterocycles. The van der Waals surface area contributed by atoms with E-state index >= 15 is 0 Å². The van der Waals surface area contributed by atoms with Crippen LogP contribution < -0.4 is 14.4 Å². The molecule has 0 bridgehead atoms. The van der Waals surface area contributed by atoms with E-state index in [2.05, 4.69) is 5.32 Å². The summed E-state index contributed by atoms with van der Waals surface area (Å²) in [4.78, 5) is 27.8. The van der Waals surface area contributed by atoms with Crippen LogP contribution in [0.2, 0.25) is 0 Å². The largest absolute Gasteiger partial charge is 0.497 e. The monoisotopic (exact) mass is 523 g/mol. The van der Waals surface area contributed by atoms with Crippen LogP contribution in [0.5, 0.6) is 5.75 Å². The van der Waals surface area contributed by atoms with Gasteiger partial charge in [-0.25, -0.2) is 8.42 Å². The van der Waals surface area contributed by atoms with Gasteiger partial charge >= 0.3 is 0 Å². The Hall–Kier alpha value is -3.85. The van der Waals surface area contributed by atoms with E-state index in [1.165, 1.54) is 24.1 Å². The van der Waals surface area contributed by atoms with Gasteiger partial charge in [-0.15, -0.1) is 0 Å². The molecule has 0 aliphatic carbocycles. The highest BCUT2D eigenvalue weighted by Crippen LogP contribution is 2.25. The number of sulfonamides is 1. The van der Waals surface area contributed by atoms with Gasteiger partial charge in [0, 0.05) is 13.6 Å². The second-order valence-electron chi connectivity index (χ2n) is 8.51. The Morgan fingerprint density at radius 1 is 0.946 bits per heavy atom. The number of nitrogens with one attached hydrogen (secondary N) is 1. The van der Waals surface area contributed by atoms with Gasteiger partial charge < -0.3 is 15.0 Å². The van der Waals surface area contributed by atoms with Crippen molar-refractivity contribution in [3.8, 4) is 5.75 Å². The summed E-state index contributed by atoms with van der Waals surface area (Å²) in [5.74, 6) is -0.263. The average Bonchev–Trinajstić information content (AvgIpc) is 2.94. The number of amides is 2. The van der Waals surface area contributed by atoms with Gasteiger partial charge in [0.1, 0.15) is 18.3 Å². The molecule has 0 saturated carbocycles. The van der Waals surface area contributed by atoms with Gasteiger partial charge in [-0.3, -0.25) is 13.9 Å². The predicted molar refractivity (Wildman–Crippen MR) is 144 cm³/mol. The Labute approximate surface area is 218 Å². The molecule has 9 heteroatoms. The lowest BCUT2D eigenvalue weighted by atomic mass is 10.1. The number of anilines is 1. The maximum absolute atomic E-state index is 13.8. The topological polar surface area (TPSA) is 96.0 Å². The number of hydrogen-bond acceptors (Lipinski definition) is 5. The van der Waals surface area contributed by atoms with Crippen molar-refractivity contribution in [1.82, 2.24) is 10.2 Å². The summed E-state index contributed by atoms with van der Waals surface area (Å²) < 4.78 is 33.8. The fourth-order valence-electron chi connectivity index (χ4n) is 3.91. The lowest BCUT2D eigenvalue weighted by molar-refractivity contribution is -0.139. The molecule has 0 heterocycles. The number of nitrogens with zero attached hydrogens (tertiary/aromatic N) is 2. The van der Waals surface area contributed by atoms with Gasteiger partial charge in [0.25, 0.3) is 10.0 Å². The molecule has 3 aromatic carbocycles. The van der Waals surface area contributed by atoms with Gasteiger partial charge in [-0.2, -0.15) is 0 Å². The van der Waals surface area contributed by atoms with Crippen molar-refractivity contribution in [2.75, 3.05) is 25.0 Å². The van der Waals surface area contributed by atoms with Crippen LogP contribution in [-0.4, -0.2) is 51.9 Å². The van der Waals surface area contributed by atoms with Crippen molar-refractivity contribution in [3.05, 3.63) is 90.0 Å². The minimum absolute atomic E-state index is 0.0704. The summed E-state index contributed by atoms with van der Waals surface area (Å²) in [6, 6.07) is 21.4. The Bertz CT molecular complexity index is 1310. The summed E-state index contributed by atoms with van der Waals surface area (Å²) in [6.45, 7) is 3.24. The van der Waals surface area contributed by atoms with Crippen LogP contribution in [0.4, 0.5) is 5.69 Å². The predicted octanol–water partition coefficient (Wildman–Crippen LogP) is 3.62. The Balaban J connectivity index is 2.02. The molecule has 0 fully saturated rings. The Morgan fingerprint density at radius 2 is 1.62 bits per heavy atom. The van der Waals surface area contributed by atoms with E-state index in [1.54, 1.807) is 62.6 Å². The highest BCUT2D eigenvalue weighted by atomic mass is 32.2. The normalized spacial score (nSPS) is 11.9. The third kappa shape index (κ3) is 6.68. The van der Waals surface area contributed by atoms with E-state index in [0.29, 0.717) is 11.4 Å². The van der Waals surface area contributed by atoms with Crippen LogP contribution in [0.3, 0.4) is 0 Å². The molecule has 8 nitrogen and oxygen atoms in total. The number of ether oxygens (including phenoxy) is 1. The molecule has 37 heavy (non-hydrogen) atoms. The summed E-state index contributed by atoms with van der Waals surface area (Å²) in [5.41, 5.74) is 2.15. The average molecular weight is 524 g/mol. The van der Waals surface area contributed by atoms with Crippen molar-refractivity contribution in [1.29, 1.82) is 0 Å². The SMILES string of the molecule is CCc1ccc(N(CC(=O)N(Cc2cccc(OC)c2)[C@H](C)C(=O)NC)S(=O)(=O)c2ccccc2)cc1. The summed E-state index contributed by atoms with van der Waals surface area (Å²) in [7, 11) is -1.03. The van der Waals surface area contributed by atoms with Crippen LogP contribution in [0, 0.1) is 0 Å². The van der Waals surface area contributed by atoms with E-state index in [9.17, 15) is 18.0 Å². The van der Waals surface area contributed by atoms with E-state index < -0.39 is 28.5 Å². The number of rotatable bonds is 11. The molecule has 3 aromatic rings. The van der Waals surface area contributed by atoms with Crippen molar-refractivity contribution >= 4 is 27.5 Å². The molecule has 0 aliphatic rings. The number of likely N-dealkylation sites (N-methyl/N-ethyl adjacent to an activating group) is 1. The van der Waals surface area contributed by atoms with Crippen molar-refractivity contribution < 1.29 is 22.7 Å². The lowest BCUT2D eigenvalue weighted by Crippen LogP contribution is -2.50. The van der Waals surface area contributed by atoms with Gasteiger partial charge in [-0.05, 0) is 60.9 Å². The maximum atomic E-state index is 13.8. The number of benzene rings is 3. The lowest BCUT2D eigenvalue weighted by Gasteiger charge is -2.32. The van der Waals surface area contributed by atoms with Crippen LogP contribution in [-0.2, 0) is 32.6 Å². The second-order valence-corrected chi connectivity index (χ2v) is 10.4. The maximum Gasteiger partial charge on any atom is 0.264 e. The van der Waals surface area contributed by atoms with Crippen molar-refractivity contribution in [3.63, 3.8) is 0 Å². The number of aryl methyl sites for hydroxylation is 1. The molecule has 2 amide bonds. The number of methoxy groups -OCH3 is 1. The standard InChI is InChI=1S/C28H33N3O5S/c1-5-22-14-16-24(17-15-22)31(37(34,35)26-12-7-6-8-13-26)20-27(32)30(21(2)28(33)29-3)19-23-10-9-11-25(18-23)36-4/h6-18,21H,5,19-20H2,1-4H3,(H,29,33)/t21-/m1/s1. The minimum atomic E-state index is -4.07. The zero-order chi connectivity index (χ0) is 27.0. The quantitative estimate of drug-likeness (QED) is 0.414. The third-order valence-electron chi connectivity index (χ3n) is 6.14. The summed E-state index contributed by atoms with van der Waals surface area (Å²) >= 11 is 0. The smallest absolute Gasteiger partial charge is 0.264 e. The molecule has 196 valence electrons. The summed E-state index contributed by atoms with van der Waals surface area (Å²) in [6.07, 6.45) is 0.794. The molecule has 3 rings (SSSR count). The molecule has 1 N–H and O–H groups in total.